The molecule has 1 aromatic carbocycles. The smallest absolute Gasteiger partial charge is 0.238 e. The Bertz CT molecular complexity index is 1200. The van der Waals surface area contributed by atoms with Crippen LogP contribution in [0.15, 0.2) is 35.5 Å². The molecule has 3 heterocycles. The number of benzene rings is 1. The number of alkyl halides is 3. The van der Waals surface area contributed by atoms with Crippen molar-refractivity contribution in [2.75, 3.05) is 25.9 Å². The number of hydrogen-bond acceptors (Lipinski definition) is 5. The van der Waals surface area contributed by atoms with Gasteiger partial charge in [0.15, 0.2) is 0 Å². The molecule has 3 aromatic rings. The van der Waals surface area contributed by atoms with E-state index in [0.29, 0.717) is 6.54 Å². The van der Waals surface area contributed by atoms with E-state index in [0.717, 1.165) is 52.3 Å². The molecule has 2 N–H and O–H groups in total. The standard InChI is InChI=1S/C17H19N5.C8H16FN.C3H6F2/c1-10(2)19-15-6-5-13(9-11(15)3)14-7-8-22-16(14)12(4)20-17(18)21-22;1-7-4-5-10(3)6-8(7,2)9;1-2-3(4)5/h5-9H,1-4H3,(H2,18,21);7H,4-6H2,1-3H3;3H,2H2,1H3. The minimum Gasteiger partial charge on any atom is -0.367 e. The number of aromatic nitrogens is 3. The first-order chi connectivity index (χ1) is 17.2. The van der Waals surface area contributed by atoms with Gasteiger partial charge in [-0.15, -0.1) is 5.10 Å². The molecule has 2 unspecified atom stereocenters. The van der Waals surface area contributed by atoms with E-state index in [2.05, 4.69) is 45.1 Å². The van der Waals surface area contributed by atoms with Crippen LogP contribution in [0.1, 0.15) is 58.7 Å². The predicted octanol–water partition coefficient (Wildman–Crippen LogP) is 7.06. The second-order valence-corrected chi connectivity index (χ2v) is 10.1. The lowest BCUT2D eigenvalue weighted by molar-refractivity contribution is 0.0250. The van der Waals surface area contributed by atoms with Crippen LogP contribution in [0.25, 0.3) is 16.6 Å². The molecule has 204 valence electrons. The summed E-state index contributed by atoms with van der Waals surface area (Å²) in [6.07, 6.45) is 0.756. The van der Waals surface area contributed by atoms with Crippen molar-refractivity contribution < 1.29 is 13.2 Å². The second-order valence-electron chi connectivity index (χ2n) is 10.1. The third kappa shape index (κ3) is 8.55. The summed E-state index contributed by atoms with van der Waals surface area (Å²) in [6, 6.07) is 8.32. The number of aliphatic imine (C=N–C) groups is 1. The third-order valence-corrected chi connectivity index (χ3v) is 6.41. The monoisotopic (exact) mass is 518 g/mol. The second kappa shape index (κ2) is 13.0. The Hall–Kier alpha value is -2.94. The highest BCUT2D eigenvalue weighted by atomic mass is 19.3. The zero-order valence-electron chi connectivity index (χ0n) is 23.3. The normalized spacial score (nSPS) is 19.6. The maximum absolute atomic E-state index is 13.5. The largest absolute Gasteiger partial charge is 0.367 e. The van der Waals surface area contributed by atoms with E-state index in [9.17, 15) is 13.2 Å². The van der Waals surface area contributed by atoms with E-state index in [1.165, 1.54) is 6.92 Å². The van der Waals surface area contributed by atoms with E-state index in [4.69, 9.17) is 5.73 Å². The molecule has 0 saturated carbocycles. The van der Waals surface area contributed by atoms with Crippen LogP contribution in [0.5, 0.6) is 0 Å². The van der Waals surface area contributed by atoms with Gasteiger partial charge >= 0.3 is 0 Å². The number of aryl methyl sites for hydroxylation is 2. The summed E-state index contributed by atoms with van der Waals surface area (Å²) >= 11 is 0. The van der Waals surface area contributed by atoms with Gasteiger partial charge in [-0.2, -0.15) is 0 Å². The van der Waals surface area contributed by atoms with E-state index in [1.54, 1.807) is 11.4 Å². The number of nitrogen functional groups attached to an aromatic ring is 1. The number of rotatable bonds is 3. The Kier molecular flexibility index (Phi) is 10.7. The lowest BCUT2D eigenvalue weighted by Gasteiger charge is -2.37. The van der Waals surface area contributed by atoms with Crippen molar-refractivity contribution in [3.63, 3.8) is 0 Å². The van der Waals surface area contributed by atoms with Crippen molar-refractivity contribution in [3.8, 4) is 11.1 Å². The first-order valence-corrected chi connectivity index (χ1v) is 12.6. The average molecular weight is 519 g/mol. The fourth-order valence-corrected chi connectivity index (χ4v) is 4.12. The molecule has 1 aliphatic heterocycles. The number of nitrogens with zero attached hydrogens (tertiary/aromatic N) is 5. The number of piperidine rings is 1. The van der Waals surface area contributed by atoms with Crippen LogP contribution in [0, 0.1) is 19.8 Å². The van der Waals surface area contributed by atoms with E-state index < -0.39 is 12.1 Å². The van der Waals surface area contributed by atoms with Gasteiger partial charge in [0.05, 0.1) is 16.9 Å². The van der Waals surface area contributed by atoms with E-state index in [1.807, 2.05) is 47.0 Å². The molecule has 4 rings (SSSR count). The van der Waals surface area contributed by atoms with Crippen molar-refractivity contribution >= 4 is 22.9 Å². The van der Waals surface area contributed by atoms with Crippen molar-refractivity contribution in [1.29, 1.82) is 0 Å². The van der Waals surface area contributed by atoms with Gasteiger partial charge in [-0.25, -0.2) is 22.7 Å². The van der Waals surface area contributed by atoms with Gasteiger partial charge in [0.25, 0.3) is 0 Å². The SMILES string of the molecule is CC(C)=Nc1ccc(-c2ccn3nc(N)nc(C)c23)cc1C.CC1CCN(C)CC1(C)F.CCC(F)F. The maximum atomic E-state index is 13.5. The fourth-order valence-electron chi connectivity index (χ4n) is 4.12. The van der Waals surface area contributed by atoms with Gasteiger partial charge < -0.3 is 10.6 Å². The molecule has 2 aromatic heterocycles. The fraction of sp³-hybridized carbons (Fsp3) is 0.536. The molecular weight excluding hydrogens is 477 g/mol. The molecule has 0 spiro atoms. The van der Waals surface area contributed by atoms with Crippen molar-refractivity contribution in [2.45, 2.75) is 73.4 Å². The number of likely N-dealkylation sites (tertiary alicyclic amines) is 1. The molecule has 37 heavy (non-hydrogen) atoms. The Morgan fingerprint density at radius 1 is 1.24 bits per heavy atom. The summed E-state index contributed by atoms with van der Waals surface area (Å²) in [4.78, 5) is 10.9. The minimum absolute atomic E-state index is 0.0278. The first kappa shape index (κ1) is 30.3. The molecule has 1 saturated heterocycles. The van der Waals surface area contributed by atoms with Crippen molar-refractivity contribution in [1.82, 2.24) is 19.5 Å². The number of halogens is 3. The van der Waals surface area contributed by atoms with Gasteiger partial charge in [-0.3, -0.25) is 4.99 Å². The van der Waals surface area contributed by atoms with E-state index in [-0.39, 0.29) is 18.3 Å². The molecule has 2 atom stereocenters. The van der Waals surface area contributed by atoms with Crippen LogP contribution in [0.2, 0.25) is 0 Å². The van der Waals surface area contributed by atoms with Crippen LogP contribution in [-0.2, 0) is 0 Å². The predicted molar refractivity (Wildman–Crippen MR) is 148 cm³/mol. The molecular formula is C28H41F3N6. The molecule has 0 aliphatic carbocycles. The minimum atomic E-state index is -2.12. The molecule has 1 fully saturated rings. The Morgan fingerprint density at radius 2 is 1.89 bits per heavy atom. The Balaban J connectivity index is 0.000000265. The van der Waals surface area contributed by atoms with Gasteiger partial charge in [-0.1, -0.05) is 19.9 Å². The molecule has 0 amide bonds. The van der Waals surface area contributed by atoms with Crippen LogP contribution < -0.4 is 5.73 Å². The highest BCUT2D eigenvalue weighted by Crippen LogP contribution is 2.31. The zero-order chi connectivity index (χ0) is 27.9. The zero-order valence-corrected chi connectivity index (χ0v) is 23.3. The lowest BCUT2D eigenvalue weighted by Crippen LogP contribution is -2.46. The van der Waals surface area contributed by atoms with Crippen LogP contribution in [-0.4, -0.2) is 57.4 Å². The molecule has 9 heteroatoms. The molecule has 0 bridgehead atoms. The molecule has 6 nitrogen and oxygen atoms in total. The van der Waals surface area contributed by atoms with Crippen molar-refractivity contribution in [3.05, 3.63) is 41.7 Å². The van der Waals surface area contributed by atoms with Crippen LogP contribution in [0.3, 0.4) is 0 Å². The van der Waals surface area contributed by atoms with Gasteiger partial charge in [0.2, 0.25) is 12.4 Å². The summed E-state index contributed by atoms with van der Waals surface area (Å²) in [5, 5.41) is 4.22. The van der Waals surface area contributed by atoms with Gasteiger partial charge in [0.1, 0.15) is 5.67 Å². The number of nitrogens with two attached hydrogens (primary N) is 1. The summed E-state index contributed by atoms with van der Waals surface area (Å²) in [7, 11) is 1.98. The van der Waals surface area contributed by atoms with Crippen LogP contribution >= 0.6 is 0 Å². The topological polar surface area (TPSA) is 71.8 Å². The first-order valence-electron chi connectivity index (χ1n) is 12.6. The summed E-state index contributed by atoms with van der Waals surface area (Å²) in [6.45, 7) is 14.8. The number of hydrogen-bond donors (Lipinski definition) is 1. The number of anilines is 1. The third-order valence-electron chi connectivity index (χ3n) is 6.41. The Morgan fingerprint density at radius 3 is 2.41 bits per heavy atom. The highest BCUT2D eigenvalue weighted by Gasteiger charge is 2.35. The quantitative estimate of drug-likeness (QED) is 0.377. The molecule has 1 aliphatic rings. The lowest BCUT2D eigenvalue weighted by atomic mass is 9.86. The summed E-state index contributed by atoms with van der Waals surface area (Å²) in [5.41, 5.74) is 12.0. The number of fused-ring (bicyclic) bond motifs is 1. The average Bonchev–Trinajstić information content (AvgIpc) is 3.22. The highest BCUT2D eigenvalue weighted by molar-refractivity contribution is 5.85. The Labute approximate surface area is 218 Å². The summed E-state index contributed by atoms with van der Waals surface area (Å²) < 4.78 is 36.8. The van der Waals surface area contributed by atoms with Gasteiger partial charge in [0, 0.05) is 30.4 Å². The maximum Gasteiger partial charge on any atom is 0.238 e. The van der Waals surface area contributed by atoms with E-state index >= 15 is 0 Å². The summed E-state index contributed by atoms with van der Waals surface area (Å²) in [5.74, 6) is 0.509. The van der Waals surface area contributed by atoms with Gasteiger partial charge in [-0.05, 0) is 89.9 Å². The van der Waals surface area contributed by atoms with Crippen molar-refractivity contribution in [2.24, 2.45) is 10.9 Å². The van der Waals surface area contributed by atoms with Crippen LogP contribution in [0.4, 0.5) is 24.8 Å². The molecule has 0 radical (unpaired) electrons.